The van der Waals surface area contributed by atoms with Gasteiger partial charge < -0.3 is 0 Å². The second-order valence-corrected chi connectivity index (χ2v) is 11.3. The van der Waals surface area contributed by atoms with Gasteiger partial charge in [0.2, 0.25) is 0 Å². The molecule has 35 heavy (non-hydrogen) atoms. The van der Waals surface area contributed by atoms with Crippen molar-refractivity contribution in [1.82, 2.24) is 0 Å². The molecule has 2 saturated carbocycles. The third-order valence-corrected chi connectivity index (χ3v) is 8.92. The van der Waals surface area contributed by atoms with Crippen molar-refractivity contribution in [3.8, 4) is 0 Å². The lowest BCUT2D eigenvalue weighted by atomic mass is 9.63. The SMILES string of the molecule is CC=CCCc1ccc2cc(C3CCC4CC(CCCCCCC)CCC4C3)c(F)c(F)c2c1F. The minimum absolute atomic E-state index is 0.0400. The van der Waals surface area contributed by atoms with Gasteiger partial charge in [-0.25, -0.2) is 13.2 Å². The standard InChI is InChI=1S/C32H43F3/c1-3-5-7-8-10-11-22-13-14-25-20-26(17-16-24(25)19-22)28-21-27-18-15-23(12-9-6-4-2)30(33)29(27)32(35)31(28)34/h4,6,15,18,21-22,24-26H,3,5,7-14,16-17,19-20H2,1-2H3. The normalized spacial score (nSPS) is 24.8. The number of rotatable bonds is 10. The zero-order valence-corrected chi connectivity index (χ0v) is 21.7. The summed E-state index contributed by atoms with van der Waals surface area (Å²) < 4.78 is 45.6. The molecular weight excluding hydrogens is 441 g/mol. The smallest absolute Gasteiger partial charge is 0.169 e. The van der Waals surface area contributed by atoms with Gasteiger partial charge >= 0.3 is 0 Å². The lowest BCUT2D eigenvalue weighted by molar-refractivity contribution is 0.112. The first-order chi connectivity index (χ1) is 17.0. The molecule has 0 heterocycles. The van der Waals surface area contributed by atoms with Crippen LogP contribution in [0.15, 0.2) is 30.4 Å². The Bertz CT molecular complexity index is 1010. The van der Waals surface area contributed by atoms with Crippen LogP contribution in [0.3, 0.4) is 0 Å². The molecule has 3 heteroatoms. The summed E-state index contributed by atoms with van der Waals surface area (Å²) in [6.45, 7) is 4.18. The first-order valence-electron chi connectivity index (χ1n) is 14.2. The second-order valence-electron chi connectivity index (χ2n) is 11.3. The van der Waals surface area contributed by atoms with Gasteiger partial charge in [-0.15, -0.1) is 0 Å². The average Bonchev–Trinajstić information content (AvgIpc) is 2.87. The monoisotopic (exact) mass is 484 g/mol. The molecular formula is C32H43F3. The zero-order valence-electron chi connectivity index (χ0n) is 21.7. The molecule has 0 aromatic heterocycles. The molecule has 0 spiro atoms. The third-order valence-electron chi connectivity index (χ3n) is 8.92. The predicted octanol–water partition coefficient (Wildman–Crippen LogP) is 10.4. The molecule has 2 fully saturated rings. The fourth-order valence-corrected chi connectivity index (χ4v) is 6.91. The zero-order chi connectivity index (χ0) is 24.8. The molecule has 0 amide bonds. The van der Waals surface area contributed by atoms with Gasteiger partial charge in [0, 0.05) is 0 Å². The first-order valence-corrected chi connectivity index (χ1v) is 14.2. The summed E-state index contributed by atoms with van der Waals surface area (Å²) >= 11 is 0. The van der Waals surface area contributed by atoms with Gasteiger partial charge in [-0.2, -0.15) is 0 Å². The van der Waals surface area contributed by atoms with Gasteiger partial charge in [0.05, 0.1) is 5.39 Å². The van der Waals surface area contributed by atoms with Crippen molar-refractivity contribution < 1.29 is 13.2 Å². The molecule has 2 aliphatic rings. The fraction of sp³-hybridized carbons (Fsp3) is 0.625. The first kappa shape index (κ1) is 26.3. The maximum Gasteiger partial charge on any atom is 0.169 e. The number of allylic oxidation sites excluding steroid dienone is 2. The Labute approximate surface area is 210 Å². The molecule has 4 atom stereocenters. The molecule has 4 rings (SSSR count). The largest absolute Gasteiger partial charge is 0.206 e. The molecule has 2 aliphatic carbocycles. The molecule has 0 nitrogen and oxygen atoms in total. The highest BCUT2D eigenvalue weighted by Gasteiger charge is 2.37. The Kier molecular flexibility index (Phi) is 9.36. The van der Waals surface area contributed by atoms with Crippen LogP contribution in [0.2, 0.25) is 0 Å². The summed E-state index contributed by atoms with van der Waals surface area (Å²) in [6, 6.07) is 5.25. The topological polar surface area (TPSA) is 0 Å². The van der Waals surface area contributed by atoms with E-state index in [0.717, 1.165) is 31.1 Å². The van der Waals surface area contributed by atoms with Crippen LogP contribution in [0.5, 0.6) is 0 Å². The van der Waals surface area contributed by atoms with Crippen molar-refractivity contribution in [2.45, 2.75) is 110 Å². The second kappa shape index (κ2) is 12.5. The van der Waals surface area contributed by atoms with Gasteiger partial charge in [0.1, 0.15) is 5.82 Å². The summed E-state index contributed by atoms with van der Waals surface area (Å²) in [5, 5.41) is 0.303. The number of halogens is 3. The van der Waals surface area contributed by atoms with Crippen molar-refractivity contribution in [3.05, 3.63) is 58.9 Å². The minimum atomic E-state index is -1.00. The molecule has 4 unspecified atom stereocenters. The number of hydrogen-bond acceptors (Lipinski definition) is 0. The summed E-state index contributed by atoms with van der Waals surface area (Å²) in [5.41, 5.74) is 0.914. The van der Waals surface area contributed by atoms with Crippen molar-refractivity contribution in [2.24, 2.45) is 17.8 Å². The minimum Gasteiger partial charge on any atom is -0.206 e. The number of benzene rings is 2. The van der Waals surface area contributed by atoms with E-state index in [4.69, 9.17) is 0 Å². The molecule has 0 N–H and O–H groups in total. The molecule has 0 saturated heterocycles. The van der Waals surface area contributed by atoms with E-state index in [1.54, 1.807) is 18.2 Å². The van der Waals surface area contributed by atoms with E-state index in [1.807, 2.05) is 19.1 Å². The molecule has 0 bridgehead atoms. The Morgan fingerprint density at radius 2 is 1.63 bits per heavy atom. The van der Waals surface area contributed by atoms with Gasteiger partial charge in [-0.1, -0.05) is 76.2 Å². The van der Waals surface area contributed by atoms with Crippen molar-refractivity contribution >= 4 is 10.8 Å². The summed E-state index contributed by atoms with van der Waals surface area (Å²) in [7, 11) is 0. The van der Waals surface area contributed by atoms with Gasteiger partial charge in [0.15, 0.2) is 11.6 Å². The van der Waals surface area contributed by atoms with E-state index in [2.05, 4.69) is 6.92 Å². The van der Waals surface area contributed by atoms with E-state index in [-0.39, 0.29) is 11.3 Å². The van der Waals surface area contributed by atoms with Gasteiger partial charge in [0.25, 0.3) is 0 Å². The lowest BCUT2D eigenvalue weighted by Gasteiger charge is -2.42. The molecule has 0 aliphatic heterocycles. The number of unbranched alkanes of at least 4 members (excludes halogenated alkanes) is 4. The maximum absolute atomic E-state index is 15.3. The van der Waals surface area contributed by atoms with Crippen LogP contribution in [0, 0.1) is 35.2 Å². The highest BCUT2D eigenvalue weighted by atomic mass is 19.2. The van der Waals surface area contributed by atoms with E-state index >= 15 is 13.2 Å². The van der Waals surface area contributed by atoms with Crippen LogP contribution >= 0.6 is 0 Å². The molecule has 192 valence electrons. The summed E-state index contributed by atoms with van der Waals surface area (Å²) in [5.74, 6) is -0.178. The van der Waals surface area contributed by atoms with Crippen LogP contribution in [-0.4, -0.2) is 0 Å². The number of fused-ring (bicyclic) bond motifs is 2. The van der Waals surface area contributed by atoms with Gasteiger partial charge in [-0.3, -0.25) is 0 Å². The van der Waals surface area contributed by atoms with Crippen LogP contribution < -0.4 is 0 Å². The van der Waals surface area contributed by atoms with Crippen LogP contribution in [0.1, 0.15) is 114 Å². The molecule has 2 aromatic rings. The van der Waals surface area contributed by atoms with Crippen LogP contribution in [0.4, 0.5) is 13.2 Å². The van der Waals surface area contributed by atoms with E-state index in [1.165, 1.54) is 57.8 Å². The highest BCUT2D eigenvalue weighted by molar-refractivity contribution is 5.85. The van der Waals surface area contributed by atoms with Crippen LogP contribution in [-0.2, 0) is 6.42 Å². The summed E-state index contributed by atoms with van der Waals surface area (Å²) in [4.78, 5) is 0. The molecule has 2 aromatic carbocycles. The number of hydrogen-bond donors (Lipinski definition) is 0. The lowest BCUT2D eigenvalue weighted by Crippen LogP contribution is -2.30. The van der Waals surface area contributed by atoms with Crippen LogP contribution in [0.25, 0.3) is 10.8 Å². The van der Waals surface area contributed by atoms with E-state index < -0.39 is 17.5 Å². The molecule has 0 radical (unpaired) electrons. The van der Waals surface area contributed by atoms with E-state index in [0.29, 0.717) is 35.3 Å². The Balaban J connectivity index is 1.42. The Hall–Kier alpha value is -1.77. The van der Waals surface area contributed by atoms with Crippen molar-refractivity contribution in [3.63, 3.8) is 0 Å². The van der Waals surface area contributed by atoms with E-state index in [9.17, 15) is 0 Å². The predicted molar refractivity (Wildman–Crippen MR) is 141 cm³/mol. The highest BCUT2D eigenvalue weighted by Crippen LogP contribution is 2.49. The third kappa shape index (κ3) is 6.15. The van der Waals surface area contributed by atoms with Gasteiger partial charge in [-0.05, 0) is 98.1 Å². The Morgan fingerprint density at radius 1 is 0.857 bits per heavy atom. The Morgan fingerprint density at radius 3 is 2.43 bits per heavy atom. The van der Waals surface area contributed by atoms with Crippen molar-refractivity contribution in [1.29, 1.82) is 0 Å². The maximum atomic E-state index is 15.3. The number of aryl methyl sites for hydroxylation is 1. The average molecular weight is 485 g/mol. The quantitative estimate of drug-likeness (QED) is 0.232. The summed E-state index contributed by atoms with van der Waals surface area (Å²) in [6.07, 6.45) is 20.0. The van der Waals surface area contributed by atoms with Crippen molar-refractivity contribution in [2.75, 3.05) is 0 Å². The fourth-order valence-electron chi connectivity index (χ4n) is 6.91.